The summed E-state index contributed by atoms with van der Waals surface area (Å²) < 4.78 is 9.50. The fraction of sp³-hybridized carbons (Fsp3) is 0.632. The van der Waals surface area contributed by atoms with Crippen LogP contribution in [0.15, 0.2) is 18.2 Å². The van der Waals surface area contributed by atoms with Gasteiger partial charge in [0.2, 0.25) is 0 Å². The Balaban J connectivity index is 0. The Bertz CT molecular complexity index is 347. The Morgan fingerprint density at radius 1 is 1.00 bits per heavy atom. The van der Waals surface area contributed by atoms with Gasteiger partial charge in [0.15, 0.2) is 0 Å². The van der Waals surface area contributed by atoms with E-state index in [1.54, 1.807) is 11.1 Å². The molecule has 1 rings (SSSR count). The van der Waals surface area contributed by atoms with E-state index in [0.29, 0.717) is 7.18 Å². The Morgan fingerprint density at radius 3 is 2.14 bits per heavy atom. The third kappa shape index (κ3) is 11.2. The number of unbranched alkanes of at least 4 members (excludes halogenated alkanes) is 3. The van der Waals surface area contributed by atoms with Crippen LogP contribution in [0.1, 0.15) is 69.6 Å². The first-order valence-corrected chi connectivity index (χ1v) is 8.06. The molecule has 0 aliphatic heterocycles. The summed E-state index contributed by atoms with van der Waals surface area (Å²) in [7, 11) is 0.500. The van der Waals surface area contributed by atoms with Gasteiger partial charge in [-0.05, 0) is 49.8 Å². The van der Waals surface area contributed by atoms with Gasteiger partial charge in [-0.1, -0.05) is 57.7 Å². The minimum atomic E-state index is 0.500. The van der Waals surface area contributed by atoms with Crippen molar-refractivity contribution in [2.24, 2.45) is 0 Å². The number of carbonyl (C=O) groups is 1. The molecule has 0 unspecified atom stereocenters. The van der Waals surface area contributed by atoms with E-state index in [1.165, 1.54) is 57.4 Å². The topological polar surface area (TPSA) is 17.1 Å². The molecule has 0 atom stereocenters. The predicted molar refractivity (Wildman–Crippen MR) is 91.8 cm³/mol. The van der Waals surface area contributed by atoms with Crippen molar-refractivity contribution in [3.63, 3.8) is 0 Å². The molecule has 0 N–H and O–H groups in total. The number of halogens is 1. The second-order valence-corrected chi connectivity index (χ2v) is 5.01. The molecular weight excluding hydrogens is 263 g/mol. The van der Waals surface area contributed by atoms with Crippen LogP contribution in [0, 0.1) is 6.92 Å². The van der Waals surface area contributed by atoms with E-state index < -0.39 is 0 Å². The normalized spacial score (nSPS) is 9.05. The van der Waals surface area contributed by atoms with Gasteiger partial charge in [0.25, 0.3) is 0 Å². The lowest BCUT2D eigenvalue weighted by atomic mass is 9.94. The maximum absolute atomic E-state index is 9.50. The molecule has 0 aromatic heterocycles. The van der Waals surface area contributed by atoms with Crippen molar-refractivity contribution in [2.45, 2.75) is 72.6 Å². The lowest BCUT2D eigenvalue weighted by Crippen LogP contribution is -1.97. The number of aldehydes is 1. The zero-order valence-corrected chi connectivity index (χ0v) is 14.5. The number of hydrogen-bond donors (Lipinski definition) is 0. The number of carbonyl (C=O) groups excluding carboxylic acids is 1. The molecule has 1 aromatic carbocycles. The first kappa shape index (κ1) is 22.1. The molecule has 122 valence electrons. The minimum Gasteiger partial charge on any atom is -0.304 e. The van der Waals surface area contributed by atoms with Gasteiger partial charge in [-0.3, -0.25) is 4.39 Å². The Labute approximate surface area is 131 Å². The van der Waals surface area contributed by atoms with Gasteiger partial charge in [-0.2, -0.15) is 0 Å². The van der Waals surface area contributed by atoms with E-state index in [0.717, 1.165) is 6.29 Å². The van der Waals surface area contributed by atoms with E-state index in [1.807, 2.05) is 0 Å². The second kappa shape index (κ2) is 16.9. The van der Waals surface area contributed by atoms with E-state index >= 15 is 0 Å². The number of benzene rings is 1. The van der Waals surface area contributed by atoms with Gasteiger partial charge in [0, 0.05) is 0 Å². The van der Waals surface area contributed by atoms with Crippen molar-refractivity contribution >= 4 is 6.29 Å². The Hall–Kier alpha value is -1.18. The highest BCUT2D eigenvalue weighted by atomic mass is 19.1. The summed E-state index contributed by atoms with van der Waals surface area (Å²) in [5.74, 6) is 0. The maximum Gasteiger partial charge on any atom is 0.116 e. The first-order chi connectivity index (χ1) is 10.2. The summed E-state index contributed by atoms with van der Waals surface area (Å²) in [5.41, 5.74) is 4.70. The van der Waals surface area contributed by atoms with Gasteiger partial charge in [-0.25, -0.2) is 0 Å². The zero-order valence-electron chi connectivity index (χ0n) is 14.5. The van der Waals surface area contributed by atoms with Gasteiger partial charge >= 0.3 is 0 Å². The third-order valence-electron chi connectivity index (χ3n) is 3.31. The van der Waals surface area contributed by atoms with Crippen LogP contribution >= 0.6 is 0 Å². The first-order valence-electron chi connectivity index (χ1n) is 8.06. The monoisotopic (exact) mass is 296 g/mol. The summed E-state index contributed by atoms with van der Waals surface area (Å²) in [6, 6.07) is 6.77. The average Bonchev–Trinajstić information content (AvgIpc) is 2.49. The van der Waals surface area contributed by atoms with Crippen LogP contribution in [0.5, 0.6) is 0 Å². The molecule has 0 saturated heterocycles. The van der Waals surface area contributed by atoms with Crippen LogP contribution in [0.2, 0.25) is 0 Å². The van der Waals surface area contributed by atoms with Crippen molar-refractivity contribution < 1.29 is 9.18 Å². The highest BCUT2D eigenvalue weighted by molar-refractivity contribution is 5.44. The highest BCUT2D eigenvalue weighted by Gasteiger charge is 2.04. The Morgan fingerprint density at radius 2 is 1.62 bits per heavy atom. The number of aryl methyl sites for hydroxylation is 2. The molecule has 1 nitrogen and oxygen atoms in total. The quantitative estimate of drug-likeness (QED) is 0.455. The molecule has 0 amide bonds. The third-order valence-corrected chi connectivity index (χ3v) is 3.31. The van der Waals surface area contributed by atoms with Crippen LogP contribution in [0.4, 0.5) is 4.39 Å². The molecule has 21 heavy (non-hydrogen) atoms. The van der Waals surface area contributed by atoms with Crippen molar-refractivity contribution in [2.75, 3.05) is 7.18 Å². The van der Waals surface area contributed by atoms with E-state index in [-0.39, 0.29) is 0 Å². The number of hydrogen-bond acceptors (Lipinski definition) is 1. The standard InChI is InChI=1S/C16H26.C2H4O.CH3F/c1-4-6-7-8-13-16-14(3)11-9-12-15(16)10-5-2;1-2-3;1-2/h9,11-12H,4-8,10,13H2,1-3H3;2H,1H3;1H3. The van der Waals surface area contributed by atoms with Crippen LogP contribution < -0.4 is 0 Å². The van der Waals surface area contributed by atoms with Crippen molar-refractivity contribution in [3.05, 3.63) is 34.9 Å². The van der Waals surface area contributed by atoms with Crippen LogP contribution in [-0.4, -0.2) is 13.5 Å². The second-order valence-electron chi connectivity index (χ2n) is 5.01. The molecule has 0 bridgehead atoms. The zero-order chi connectivity index (χ0) is 16.5. The smallest absolute Gasteiger partial charge is 0.116 e. The number of alkyl halides is 1. The molecule has 0 heterocycles. The summed E-state index contributed by atoms with van der Waals surface area (Å²) in [5, 5.41) is 0. The molecule has 0 spiro atoms. The van der Waals surface area contributed by atoms with Gasteiger partial charge in [0.05, 0.1) is 7.18 Å². The fourth-order valence-electron chi connectivity index (χ4n) is 2.35. The molecule has 0 aliphatic carbocycles. The van der Waals surface area contributed by atoms with Crippen LogP contribution in [-0.2, 0) is 17.6 Å². The molecular formula is C19H33FO. The molecule has 0 radical (unpaired) electrons. The van der Waals surface area contributed by atoms with Crippen molar-refractivity contribution in [3.8, 4) is 0 Å². The lowest BCUT2D eigenvalue weighted by Gasteiger charge is -2.12. The summed E-state index contributed by atoms with van der Waals surface area (Å²) in [6.45, 7) is 8.24. The van der Waals surface area contributed by atoms with Gasteiger partial charge < -0.3 is 4.79 Å². The summed E-state index contributed by atoms with van der Waals surface area (Å²) in [6.07, 6.45) is 9.98. The fourth-order valence-corrected chi connectivity index (χ4v) is 2.35. The Kier molecular flexibility index (Phi) is 17.8. The SMILES string of the molecule is CC=O.CCCCCCc1c(C)cccc1CCC.CF. The van der Waals surface area contributed by atoms with Crippen molar-refractivity contribution in [1.82, 2.24) is 0 Å². The van der Waals surface area contributed by atoms with E-state index in [9.17, 15) is 4.39 Å². The molecule has 2 heteroatoms. The molecule has 0 saturated carbocycles. The van der Waals surface area contributed by atoms with E-state index in [4.69, 9.17) is 4.79 Å². The van der Waals surface area contributed by atoms with Gasteiger partial charge in [0.1, 0.15) is 6.29 Å². The van der Waals surface area contributed by atoms with E-state index in [2.05, 4.69) is 39.0 Å². The van der Waals surface area contributed by atoms with Gasteiger partial charge in [-0.15, -0.1) is 0 Å². The molecule has 0 aliphatic rings. The molecule has 1 aromatic rings. The predicted octanol–water partition coefficient (Wildman–Crippen LogP) is 5.86. The highest BCUT2D eigenvalue weighted by Crippen LogP contribution is 2.19. The number of rotatable bonds is 7. The maximum atomic E-state index is 9.50. The van der Waals surface area contributed by atoms with Crippen molar-refractivity contribution in [1.29, 1.82) is 0 Å². The average molecular weight is 296 g/mol. The lowest BCUT2D eigenvalue weighted by molar-refractivity contribution is -0.106. The largest absolute Gasteiger partial charge is 0.304 e. The summed E-state index contributed by atoms with van der Waals surface area (Å²) >= 11 is 0. The molecule has 0 fully saturated rings. The van der Waals surface area contributed by atoms with Crippen LogP contribution in [0.3, 0.4) is 0 Å². The summed E-state index contributed by atoms with van der Waals surface area (Å²) in [4.78, 5) is 8.81. The van der Waals surface area contributed by atoms with Crippen LogP contribution in [0.25, 0.3) is 0 Å². The minimum absolute atomic E-state index is 0.500.